The average Bonchev–Trinajstić information content (AvgIpc) is 3.61. The van der Waals surface area contributed by atoms with Gasteiger partial charge in [0.05, 0.1) is 12.1 Å². The zero-order chi connectivity index (χ0) is 37.7. The van der Waals surface area contributed by atoms with Crippen LogP contribution in [0.2, 0.25) is 0 Å². The standard InChI is InChI=1S/C36H46N6O9/c1-20(2)22(5)32(45)41-31-24-14-15-26(42(24)39-19-38-31)36(18-37)30(44)29(25(50-36)17-48-27(43)16-23-12-10-9-11-13-23)49-33(46)28(21(3)4)40-34(47)51-35(6,7)8/h9-15,19-22,25,28-30,44H,16-17H2,1-8H3,(H,40,47)(H,38,39,41,45)/t22-,25+,28-,29+,30+,36-/m0/s1. The van der Waals surface area contributed by atoms with Crippen LogP contribution in [0, 0.1) is 29.1 Å². The zero-order valence-corrected chi connectivity index (χ0v) is 30.1. The Morgan fingerprint density at radius 2 is 1.75 bits per heavy atom. The van der Waals surface area contributed by atoms with Crippen LogP contribution < -0.4 is 10.6 Å². The molecule has 0 unspecified atom stereocenters. The molecule has 1 aliphatic heterocycles. The van der Waals surface area contributed by atoms with Crippen LogP contribution in [0.15, 0.2) is 48.8 Å². The fourth-order valence-corrected chi connectivity index (χ4v) is 5.41. The second-order valence-corrected chi connectivity index (χ2v) is 14.2. The lowest BCUT2D eigenvalue weighted by Gasteiger charge is -2.28. The smallest absolute Gasteiger partial charge is 0.408 e. The van der Waals surface area contributed by atoms with E-state index in [1.165, 1.54) is 16.9 Å². The largest absolute Gasteiger partial charge is 0.463 e. The van der Waals surface area contributed by atoms with Crippen LogP contribution in [0.5, 0.6) is 0 Å². The van der Waals surface area contributed by atoms with Gasteiger partial charge in [-0.15, -0.1) is 0 Å². The van der Waals surface area contributed by atoms with E-state index in [9.17, 15) is 29.5 Å². The summed E-state index contributed by atoms with van der Waals surface area (Å²) in [6.07, 6.45) is -4.48. The Labute approximate surface area is 296 Å². The Balaban J connectivity index is 1.67. The molecule has 3 N–H and O–H groups in total. The number of benzene rings is 1. The Morgan fingerprint density at radius 3 is 2.35 bits per heavy atom. The van der Waals surface area contributed by atoms with E-state index >= 15 is 0 Å². The van der Waals surface area contributed by atoms with Gasteiger partial charge in [0.1, 0.15) is 48.4 Å². The highest BCUT2D eigenvalue weighted by Crippen LogP contribution is 2.42. The lowest BCUT2D eigenvalue weighted by Crippen LogP contribution is -2.50. The van der Waals surface area contributed by atoms with Crippen molar-refractivity contribution >= 4 is 35.3 Å². The van der Waals surface area contributed by atoms with Gasteiger partial charge in [-0.2, -0.15) is 10.4 Å². The summed E-state index contributed by atoms with van der Waals surface area (Å²) in [5, 5.41) is 32.1. The number of alkyl carbamates (subject to hydrolysis) is 1. The van der Waals surface area contributed by atoms with E-state index in [0.29, 0.717) is 11.1 Å². The summed E-state index contributed by atoms with van der Waals surface area (Å²) in [7, 11) is 0. The molecule has 3 heterocycles. The van der Waals surface area contributed by atoms with Crippen LogP contribution in [0.25, 0.3) is 5.52 Å². The Hall–Kier alpha value is -5.07. The second kappa shape index (κ2) is 15.9. The summed E-state index contributed by atoms with van der Waals surface area (Å²) in [5.74, 6) is -2.43. The van der Waals surface area contributed by atoms with Gasteiger partial charge >= 0.3 is 18.0 Å². The number of nitrogens with zero attached hydrogens (tertiary/aromatic N) is 4. The number of ether oxygens (including phenoxy) is 4. The molecule has 0 radical (unpaired) electrons. The number of hydrogen-bond donors (Lipinski definition) is 3. The van der Waals surface area contributed by atoms with Gasteiger partial charge in [-0.3, -0.25) is 9.59 Å². The Morgan fingerprint density at radius 1 is 1.06 bits per heavy atom. The monoisotopic (exact) mass is 706 g/mol. The number of aromatic nitrogens is 3. The van der Waals surface area contributed by atoms with Gasteiger partial charge in [0.2, 0.25) is 11.5 Å². The lowest BCUT2D eigenvalue weighted by atomic mass is 9.92. The number of anilines is 1. The van der Waals surface area contributed by atoms with Gasteiger partial charge in [-0.25, -0.2) is 19.1 Å². The van der Waals surface area contributed by atoms with Gasteiger partial charge in [-0.05, 0) is 50.3 Å². The Bertz CT molecular complexity index is 1760. The van der Waals surface area contributed by atoms with Crippen molar-refractivity contribution in [2.45, 2.75) is 97.4 Å². The predicted molar refractivity (Wildman–Crippen MR) is 183 cm³/mol. The zero-order valence-electron chi connectivity index (χ0n) is 30.1. The lowest BCUT2D eigenvalue weighted by molar-refractivity contribution is -0.163. The number of fused-ring (bicyclic) bond motifs is 1. The maximum absolute atomic E-state index is 13.6. The first-order chi connectivity index (χ1) is 24.0. The van der Waals surface area contributed by atoms with Crippen molar-refractivity contribution in [3.8, 4) is 6.07 Å². The molecule has 51 heavy (non-hydrogen) atoms. The van der Waals surface area contributed by atoms with E-state index in [0.717, 1.165) is 0 Å². The summed E-state index contributed by atoms with van der Waals surface area (Å²) < 4.78 is 24.1. The molecule has 2 amide bonds. The van der Waals surface area contributed by atoms with E-state index in [4.69, 9.17) is 18.9 Å². The van der Waals surface area contributed by atoms with E-state index in [1.807, 2.05) is 26.0 Å². The van der Waals surface area contributed by atoms with Gasteiger partial charge in [0.25, 0.3) is 0 Å². The van der Waals surface area contributed by atoms with Gasteiger partial charge in [0.15, 0.2) is 11.9 Å². The fraction of sp³-hybridized carbons (Fsp3) is 0.528. The first kappa shape index (κ1) is 38.7. The minimum atomic E-state index is -2.21. The fourth-order valence-electron chi connectivity index (χ4n) is 5.41. The normalized spacial score (nSPS) is 21.5. The number of esters is 2. The molecule has 1 saturated heterocycles. The molecule has 0 saturated carbocycles. The first-order valence-corrected chi connectivity index (χ1v) is 16.8. The quantitative estimate of drug-likeness (QED) is 0.182. The van der Waals surface area contributed by atoms with Crippen LogP contribution in [-0.2, 0) is 45.4 Å². The van der Waals surface area contributed by atoms with Gasteiger partial charge in [-0.1, -0.05) is 65.0 Å². The van der Waals surface area contributed by atoms with Crippen molar-refractivity contribution < 1.29 is 43.2 Å². The summed E-state index contributed by atoms with van der Waals surface area (Å²) in [6, 6.07) is 12.7. The van der Waals surface area contributed by atoms with Crippen molar-refractivity contribution in [1.29, 1.82) is 5.26 Å². The third kappa shape index (κ3) is 9.00. The van der Waals surface area contributed by atoms with Gasteiger partial charge < -0.3 is 34.7 Å². The molecule has 0 bridgehead atoms. The number of carbonyl (C=O) groups excluding carboxylic acids is 4. The maximum Gasteiger partial charge on any atom is 0.408 e. The minimum Gasteiger partial charge on any atom is -0.463 e. The molecule has 0 aliphatic carbocycles. The van der Waals surface area contributed by atoms with Crippen LogP contribution in [0.3, 0.4) is 0 Å². The molecule has 1 fully saturated rings. The van der Waals surface area contributed by atoms with E-state index in [2.05, 4.69) is 20.7 Å². The number of carbonyl (C=O) groups is 4. The summed E-state index contributed by atoms with van der Waals surface area (Å²) in [4.78, 5) is 56.2. The molecule has 6 atom stereocenters. The maximum atomic E-state index is 13.6. The number of aliphatic hydroxyl groups excluding tert-OH is 1. The van der Waals surface area contributed by atoms with E-state index in [-0.39, 0.29) is 35.7 Å². The molecular weight excluding hydrogens is 660 g/mol. The highest BCUT2D eigenvalue weighted by Gasteiger charge is 2.60. The molecule has 2 aromatic heterocycles. The third-order valence-electron chi connectivity index (χ3n) is 8.53. The average molecular weight is 707 g/mol. The minimum absolute atomic E-state index is 0.0359. The van der Waals surface area contributed by atoms with Crippen LogP contribution in [0.4, 0.5) is 10.6 Å². The predicted octanol–water partition coefficient (Wildman–Crippen LogP) is 3.69. The third-order valence-corrected chi connectivity index (χ3v) is 8.53. The molecule has 15 nitrogen and oxygen atoms in total. The van der Waals surface area contributed by atoms with Crippen molar-refractivity contribution in [3.05, 3.63) is 60.0 Å². The summed E-state index contributed by atoms with van der Waals surface area (Å²) >= 11 is 0. The molecule has 15 heteroatoms. The van der Waals surface area contributed by atoms with Crippen molar-refractivity contribution in [2.24, 2.45) is 17.8 Å². The first-order valence-electron chi connectivity index (χ1n) is 16.8. The molecule has 1 aliphatic rings. The van der Waals surface area contributed by atoms with Crippen molar-refractivity contribution in [1.82, 2.24) is 19.9 Å². The molecule has 3 aromatic rings. The Kier molecular flexibility index (Phi) is 12.0. The van der Waals surface area contributed by atoms with Gasteiger partial charge in [0, 0.05) is 5.92 Å². The van der Waals surface area contributed by atoms with E-state index < -0.39 is 66.1 Å². The summed E-state index contributed by atoms with van der Waals surface area (Å²) in [6.45, 7) is 13.5. The SMILES string of the molecule is CC(C)[C@H](C)C(=O)Nc1ncnn2c([C@]3(C#N)O[C@H](COC(=O)Cc4ccccc4)[C@@H](OC(=O)[C@@H](NC(=O)OC(C)(C)C)C(C)C)[C@H]3O)ccc12. The van der Waals surface area contributed by atoms with Crippen LogP contribution >= 0.6 is 0 Å². The second-order valence-electron chi connectivity index (χ2n) is 14.2. The number of nitriles is 1. The van der Waals surface area contributed by atoms with Crippen LogP contribution in [-0.4, -0.2) is 80.2 Å². The number of hydrogen-bond acceptors (Lipinski definition) is 12. The highest BCUT2D eigenvalue weighted by atomic mass is 16.6. The molecule has 0 spiro atoms. The summed E-state index contributed by atoms with van der Waals surface area (Å²) in [5.41, 5.74) is -2.02. The number of nitrogens with one attached hydrogen (secondary N) is 2. The molecular formula is C36H46N6O9. The number of aliphatic hydroxyl groups is 1. The molecule has 1 aromatic carbocycles. The number of amides is 2. The molecule has 274 valence electrons. The van der Waals surface area contributed by atoms with E-state index in [1.54, 1.807) is 71.9 Å². The molecule has 4 rings (SSSR count). The number of rotatable bonds is 12. The topological polar surface area (TPSA) is 203 Å². The van der Waals surface area contributed by atoms with Crippen LogP contribution in [0.1, 0.15) is 66.6 Å². The van der Waals surface area contributed by atoms with Crippen molar-refractivity contribution in [2.75, 3.05) is 11.9 Å². The highest BCUT2D eigenvalue weighted by molar-refractivity contribution is 5.95. The van der Waals surface area contributed by atoms with Crippen molar-refractivity contribution in [3.63, 3.8) is 0 Å².